The summed E-state index contributed by atoms with van der Waals surface area (Å²) in [7, 11) is 0. The molecule has 0 aliphatic carbocycles. The highest BCUT2D eigenvalue weighted by Gasteiger charge is 2.29. The second-order valence-corrected chi connectivity index (χ2v) is 6.83. The van der Waals surface area contributed by atoms with Gasteiger partial charge in [0.1, 0.15) is 5.75 Å². The van der Waals surface area contributed by atoms with Crippen molar-refractivity contribution in [2.75, 3.05) is 23.3 Å². The Labute approximate surface area is 148 Å². The molecule has 1 atom stereocenters. The van der Waals surface area contributed by atoms with Gasteiger partial charge in [0.15, 0.2) is 6.10 Å². The van der Waals surface area contributed by atoms with Crippen molar-refractivity contribution in [3.63, 3.8) is 0 Å². The minimum Gasteiger partial charge on any atom is -0.480 e. The zero-order valence-electron chi connectivity index (χ0n) is 14.4. The van der Waals surface area contributed by atoms with Crippen LogP contribution in [-0.4, -0.2) is 25.1 Å². The molecule has 0 saturated carbocycles. The lowest BCUT2D eigenvalue weighted by molar-refractivity contribution is -0.122. The molecule has 2 aliphatic heterocycles. The zero-order valence-corrected chi connectivity index (χ0v) is 14.4. The van der Waals surface area contributed by atoms with Crippen LogP contribution in [0.5, 0.6) is 5.75 Å². The second kappa shape index (κ2) is 7.18. The molecule has 2 aromatic rings. The number of anilines is 2. The van der Waals surface area contributed by atoms with Crippen LogP contribution in [-0.2, 0) is 11.2 Å². The molecule has 4 heteroatoms. The smallest absolute Gasteiger partial charge is 0.265 e. The minimum atomic E-state index is -0.449. The summed E-state index contributed by atoms with van der Waals surface area (Å²) in [6.07, 6.45) is 5.19. The minimum absolute atomic E-state index is 0.0709. The van der Waals surface area contributed by atoms with Crippen LogP contribution in [0, 0.1) is 0 Å². The van der Waals surface area contributed by atoms with Crippen molar-refractivity contribution in [1.82, 2.24) is 0 Å². The molecule has 1 N–H and O–H groups in total. The van der Waals surface area contributed by atoms with Gasteiger partial charge in [-0.15, -0.1) is 0 Å². The third kappa shape index (κ3) is 3.48. The Balaban J connectivity index is 1.49. The van der Waals surface area contributed by atoms with Gasteiger partial charge in [0.25, 0.3) is 5.91 Å². The summed E-state index contributed by atoms with van der Waals surface area (Å²) in [5.41, 5.74) is 3.10. The van der Waals surface area contributed by atoms with Crippen LogP contribution in [0.1, 0.15) is 31.2 Å². The van der Waals surface area contributed by atoms with Crippen molar-refractivity contribution in [3.8, 4) is 5.75 Å². The number of para-hydroxylation sites is 3. The van der Waals surface area contributed by atoms with Gasteiger partial charge in [0.05, 0.1) is 11.4 Å². The van der Waals surface area contributed by atoms with Crippen LogP contribution in [0.2, 0.25) is 0 Å². The first-order valence-electron chi connectivity index (χ1n) is 9.21. The molecule has 0 spiro atoms. The summed E-state index contributed by atoms with van der Waals surface area (Å²) in [6.45, 7) is 2.11. The predicted molar refractivity (Wildman–Crippen MR) is 100 cm³/mol. The standard InChI is InChI=1S/C21H24N2O2/c24-21(20-15-16-9-3-6-12-19(16)25-20)22-17-10-4-5-11-18(17)23-13-7-1-2-8-14-23/h3-6,9-12,20H,1-2,7-8,13-15H2,(H,22,24)/t20-/m1/s1. The van der Waals surface area contributed by atoms with E-state index in [1.165, 1.54) is 25.7 Å². The van der Waals surface area contributed by atoms with Gasteiger partial charge in [-0.25, -0.2) is 0 Å². The largest absolute Gasteiger partial charge is 0.480 e. The van der Waals surface area contributed by atoms with Gasteiger partial charge in [-0.3, -0.25) is 4.79 Å². The normalized spacial score (nSPS) is 19.7. The maximum atomic E-state index is 12.7. The van der Waals surface area contributed by atoms with Crippen LogP contribution < -0.4 is 15.0 Å². The first kappa shape index (κ1) is 16.0. The maximum Gasteiger partial charge on any atom is 0.265 e. The SMILES string of the molecule is O=C(Nc1ccccc1N1CCCCCC1)[C@H]1Cc2ccccc2O1. The quantitative estimate of drug-likeness (QED) is 0.921. The van der Waals surface area contributed by atoms with Gasteiger partial charge in [-0.2, -0.15) is 0 Å². The number of hydrogen-bond acceptors (Lipinski definition) is 3. The molecule has 4 rings (SSSR count). The Morgan fingerprint density at radius 1 is 0.960 bits per heavy atom. The second-order valence-electron chi connectivity index (χ2n) is 6.83. The Morgan fingerprint density at radius 3 is 2.48 bits per heavy atom. The fourth-order valence-electron chi connectivity index (χ4n) is 3.71. The van der Waals surface area contributed by atoms with E-state index in [0.29, 0.717) is 6.42 Å². The third-order valence-corrected chi connectivity index (χ3v) is 5.05. The Kier molecular flexibility index (Phi) is 4.59. The number of nitrogens with one attached hydrogen (secondary N) is 1. The molecule has 2 heterocycles. The summed E-state index contributed by atoms with van der Waals surface area (Å²) in [6, 6.07) is 16.0. The molecule has 1 amide bonds. The number of benzene rings is 2. The topological polar surface area (TPSA) is 41.6 Å². The number of carbonyl (C=O) groups is 1. The van der Waals surface area contributed by atoms with Crippen molar-refractivity contribution in [3.05, 3.63) is 54.1 Å². The van der Waals surface area contributed by atoms with Crippen molar-refractivity contribution >= 4 is 17.3 Å². The fraction of sp³-hybridized carbons (Fsp3) is 0.381. The fourth-order valence-corrected chi connectivity index (χ4v) is 3.71. The van der Waals surface area contributed by atoms with Gasteiger partial charge in [0.2, 0.25) is 0 Å². The van der Waals surface area contributed by atoms with Crippen molar-refractivity contribution < 1.29 is 9.53 Å². The first-order chi connectivity index (χ1) is 12.3. The summed E-state index contributed by atoms with van der Waals surface area (Å²) >= 11 is 0. The maximum absolute atomic E-state index is 12.7. The molecule has 2 aromatic carbocycles. The van der Waals surface area contributed by atoms with Gasteiger partial charge in [-0.1, -0.05) is 43.2 Å². The summed E-state index contributed by atoms with van der Waals surface area (Å²) < 4.78 is 5.82. The summed E-state index contributed by atoms with van der Waals surface area (Å²) in [4.78, 5) is 15.1. The van der Waals surface area contributed by atoms with Gasteiger partial charge < -0.3 is 15.0 Å². The average Bonchev–Trinajstić information content (AvgIpc) is 2.90. The van der Waals surface area contributed by atoms with Gasteiger partial charge in [-0.05, 0) is 36.6 Å². The van der Waals surface area contributed by atoms with Crippen LogP contribution in [0.3, 0.4) is 0 Å². The average molecular weight is 336 g/mol. The van der Waals surface area contributed by atoms with E-state index in [9.17, 15) is 4.79 Å². The molecule has 1 fully saturated rings. The number of carbonyl (C=O) groups excluding carboxylic acids is 1. The van der Waals surface area contributed by atoms with E-state index in [1.807, 2.05) is 42.5 Å². The highest BCUT2D eigenvalue weighted by molar-refractivity contribution is 5.98. The zero-order chi connectivity index (χ0) is 17.1. The lowest BCUT2D eigenvalue weighted by Gasteiger charge is -2.25. The van der Waals surface area contributed by atoms with E-state index in [4.69, 9.17) is 4.74 Å². The predicted octanol–water partition coefficient (Wildman–Crippen LogP) is 4.01. The van der Waals surface area contributed by atoms with Crippen LogP contribution in [0.4, 0.5) is 11.4 Å². The summed E-state index contributed by atoms with van der Waals surface area (Å²) in [5, 5.41) is 3.10. The highest BCUT2D eigenvalue weighted by atomic mass is 16.5. The summed E-state index contributed by atoms with van der Waals surface area (Å²) in [5.74, 6) is 0.752. The van der Waals surface area contributed by atoms with Crippen molar-refractivity contribution in [2.24, 2.45) is 0 Å². The molecule has 0 bridgehead atoms. The number of ether oxygens (including phenoxy) is 1. The van der Waals surface area contributed by atoms with E-state index >= 15 is 0 Å². The van der Waals surface area contributed by atoms with E-state index in [2.05, 4.69) is 16.3 Å². The molecule has 2 aliphatic rings. The highest BCUT2D eigenvalue weighted by Crippen LogP contribution is 2.31. The molecule has 0 aromatic heterocycles. The third-order valence-electron chi connectivity index (χ3n) is 5.05. The first-order valence-corrected chi connectivity index (χ1v) is 9.21. The number of amides is 1. The number of hydrogen-bond donors (Lipinski definition) is 1. The molecular formula is C21H24N2O2. The lowest BCUT2D eigenvalue weighted by Crippen LogP contribution is -2.32. The van der Waals surface area contributed by atoms with E-state index in [1.54, 1.807) is 0 Å². The molecule has 130 valence electrons. The lowest BCUT2D eigenvalue weighted by atomic mass is 10.1. The van der Waals surface area contributed by atoms with E-state index < -0.39 is 6.10 Å². The number of fused-ring (bicyclic) bond motifs is 1. The number of rotatable bonds is 3. The van der Waals surface area contributed by atoms with Crippen molar-refractivity contribution in [1.29, 1.82) is 0 Å². The Bertz CT molecular complexity index is 726. The molecule has 0 radical (unpaired) electrons. The monoisotopic (exact) mass is 336 g/mol. The van der Waals surface area contributed by atoms with E-state index in [-0.39, 0.29) is 5.91 Å². The molecule has 25 heavy (non-hydrogen) atoms. The van der Waals surface area contributed by atoms with E-state index in [0.717, 1.165) is 35.8 Å². The van der Waals surface area contributed by atoms with Crippen LogP contribution in [0.25, 0.3) is 0 Å². The molecule has 4 nitrogen and oxygen atoms in total. The van der Waals surface area contributed by atoms with Crippen LogP contribution in [0.15, 0.2) is 48.5 Å². The molecule has 0 unspecified atom stereocenters. The van der Waals surface area contributed by atoms with Gasteiger partial charge >= 0.3 is 0 Å². The van der Waals surface area contributed by atoms with Gasteiger partial charge in [0, 0.05) is 19.5 Å². The Hall–Kier alpha value is -2.49. The molecular weight excluding hydrogens is 312 g/mol. The molecule has 1 saturated heterocycles. The van der Waals surface area contributed by atoms with Crippen molar-refractivity contribution in [2.45, 2.75) is 38.2 Å². The van der Waals surface area contributed by atoms with Crippen LogP contribution >= 0.6 is 0 Å². The number of nitrogens with zero attached hydrogens (tertiary/aromatic N) is 1. The Morgan fingerprint density at radius 2 is 1.68 bits per heavy atom.